The van der Waals surface area contributed by atoms with Crippen LogP contribution in [0, 0.1) is 0 Å². The van der Waals surface area contributed by atoms with Crippen LogP contribution in [0.5, 0.6) is 0 Å². The van der Waals surface area contributed by atoms with E-state index in [0.717, 1.165) is 9.78 Å². The first-order valence-corrected chi connectivity index (χ1v) is 8.00. The fourth-order valence-electron chi connectivity index (χ4n) is 1.97. The number of carbonyl (C=O) groups is 2. The van der Waals surface area contributed by atoms with Crippen LogP contribution in [0.2, 0.25) is 0 Å². The zero-order valence-electron chi connectivity index (χ0n) is 13.4. The van der Waals surface area contributed by atoms with E-state index in [9.17, 15) is 9.59 Å². The van der Waals surface area contributed by atoms with Gasteiger partial charge in [0, 0.05) is 10.4 Å². The SMILES string of the molecule is C[C@H](NC(=O)C[NH+](C)CC(=O)NC(C)(C)C)c1cccs1. The van der Waals surface area contributed by atoms with Crippen LogP contribution in [0.15, 0.2) is 17.5 Å². The zero-order valence-corrected chi connectivity index (χ0v) is 14.3. The lowest BCUT2D eigenvalue weighted by molar-refractivity contribution is -0.862. The van der Waals surface area contributed by atoms with Crippen molar-refractivity contribution in [1.82, 2.24) is 10.6 Å². The molecule has 3 N–H and O–H groups in total. The largest absolute Gasteiger partial charge is 0.347 e. The molecule has 0 bridgehead atoms. The second-order valence-electron chi connectivity index (χ2n) is 6.41. The molecular weight excluding hydrogens is 286 g/mol. The lowest BCUT2D eigenvalue weighted by atomic mass is 10.1. The number of nitrogens with one attached hydrogen (secondary N) is 3. The summed E-state index contributed by atoms with van der Waals surface area (Å²) >= 11 is 1.62. The van der Waals surface area contributed by atoms with Crippen molar-refractivity contribution in [3.63, 3.8) is 0 Å². The maximum atomic E-state index is 12.0. The number of hydrogen-bond donors (Lipinski definition) is 3. The van der Waals surface area contributed by atoms with Gasteiger partial charge in [0.1, 0.15) is 0 Å². The van der Waals surface area contributed by atoms with Crippen LogP contribution in [-0.4, -0.2) is 37.5 Å². The number of rotatable bonds is 6. The van der Waals surface area contributed by atoms with Gasteiger partial charge in [0.05, 0.1) is 13.1 Å². The van der Waals surface area contributed by atoms with Crippen LogP contribution >= 0.6 is 11.3 Å². The average Bonchev–Trinajstić information content (AvgIpc) is 2.77. The van der Waals surface area contributed by atoms with Gasteiger partial charge < -0.3 is 15.5 Å². The molecule has 1 aromatic rings. The molecule has 0 aliphatic rings. The highest BCUT2D eigenvalue weighted by molar-refractivity contribution is 7.10. The number of hydrogen-bond acceptors (Lipinski definition) is 3. The maximum absolute atomic E-state index is 12.0. The van der Waals surface area contributed by atoms with Crippen LogP contribution in [0.3, 0.4) is 0 Å². The maximum Gasteiger partial charge on any atom is 0.275 e. The monoisotopic (exact) mass is 312 g/mol. The number of thiophene rings is 1. The fraction of sp³-hybridized carbons (Fsp3) is 0.600. The quantitative estimate of drug-likeness (QED) is 0.710. The molecule has 1 rings (SSSR count). The summed E-state index contributed by atoms with van der Waals surface area (Å²) in [6.45, 7) is 8.36. The predicted molar refractivity (Wildman–Crippen MR) is 85.4 cm³/mol. The van der Waals surface area contributed by atoms with Crippen molar-refractivity contribution < 1.29 is 14.5 Å². The first-order valence-electron chi connectivity index (χ1n) is 7.12. The standard InChI is InChI=1S/C15H25N3O2S/c1-11(12-7-6-8-21-12)16-13(19)9-18(5)10-14(20)17-15(2,3)4/h6-8,11H,9-10H2,1-5H3,(H,16,19)(H,17,20)/p+1/t11-/m0/s1. The Kier molecular flexibility index (Phi) is 6.36. The van der Waals surface area contributed by atoms with Gasteiger partial charge in [-0.05, 0) is 39.1 Å². The summed E-state index contributed by atoms with van der Waals surface area (Å²) in [5.41, 5.74) is -0.243. The Morgan fingerprint density at radius 3 is 2.43 bits per heavy atom. The normalized spacial score (nSPS) is 14.3. The summed E-state index contributed by atoms with van der Waals surface area (Å²) in [5, 5.41) is 7.84. The fourth-order valence-corrected chi connectivity index (χ4v) is 2.71. The van der Waals surface area contributed by atoms with Crippen LogP contribution in [-0.2, 0) is 9.59 Å². The van der Waals surface area contributed by atoms with E-state index in [1.54, 1.807) is 11.3 Å². The van der Waals surface area contributed by atoms with Gasteiger partial charge in [-0.2, -0.15) is 0 Å². The number of likely N-dealkylation sites (N-methyl/N-ethyl adjacent to an activating group) is 1. The molecule has 2 atom stereocenters. The minimum Gasteiger partial charge on any atom is -0.347 e. The summed E-state index contributed by atoms with van der Waals surface area (Å²) in [5.74, 6) is -0.0870. The second-order valence-corrected chi connectivity index (χ2v) is 7.39. The minimum atomic E-state index is -0.243. The summed E-state index contributed by atoms with van der Waals surface area (Å²) in [4.78, 5) is 25.8. The molecule has 0 fully saturated rings. The van der Waals surface area contributed by atoms with E-state index in [0.29, 0.717) is 0 Å². The van der Waals surface area contributed by atoms with E-state index in [1.165, 1.54) is 0 Å². The third-order valence-electron chi connectivity index (χ3n) is 2.79. The average molecular weight is 312 g/mol. The van der Waals surface area contributed by atoms with Gasteiger partial charge in [0.15, 0.2) is 13.1 Å². The summed E-state index contributed by atoms with van der Waals surface area (Å²) in [6.07, 6.45) is 0. The molecule has 0 saturated carbocycles. The molecule has 1 heterocycles. The molecule has 6 heteroatoms. The Labute approximate surface area is 130 Å². The van der Waals surface area contributed by atoms with E-state index in [2.05, 4.69) is 10.6 Å². The lowest BCUT2D eigenvalue weighted by Gasteiger charge is -2.22. The van der Waals surface area contributed by atoms with Gasteiger partial charge >= 0.3 is 0 Å². The molecule has 1 aromatic heterocycles. The van der Waals surface area contributed by atoms with Crippen molar-refractivity contribution in [3.05, 3.63) is 22.4 Å². The Morgan fingerprint density at radius 2 is 1.90 bits per heavy atom. The van der Waals surface area contributed by atoms with Crippen molar-refractivity contribution in [1.29, 1.82) is 0 Å². The molecule has 118 valence electrons. The Morgan fingerprint density at radius 1 is 1.29 bits per heavy atom. The number of amides is 2. The first-order chi connectivity index (χ1) is 9.67. The van der Waals surface area contributed by atoms with E-state index in [1.807, 2.05) is 52.3 Å². The highest BCUT2D eigenvalue weighted by Crippen LogP contribution is 2.17. The van der Waals surface area contributed by atoms with Gasteiger partial charge in [0.2, 0.25) is 0 Å². The summed E-state index contributed by atoms with van der Waals surface area (Å²) in [7, 11) is 1.84. The highest BCUT2D eigenvalue weighted by Gasteiger charge is 2.19. The molecule has 1 unspecified atom stereocenters. The molecule has 2 amide bonds. The summed E-state index contributed by atoms with van der Waals surface area (Å²) < 4.78 is 0. The number of carbonyl (C=O) groups excluding carboxylic acids is 2. The van der Waals surface area contributed by atoms with Crippen molar-refractivity contribution in [2.45, 2.75) is 39.3 Å². The highest BCUT2D eigenvalue weighted by atomic mass is 32.1. The molecule has 0 radical (unpaired) electrons. The zero-order chi connectivity index (χ0) is 16.0. The Hall–Kier alpha value is -1.40. The topological polar surface area (TPSA) is 62.6 Å². The molecule has 0 saturated heterocycles. The van der Waals surface area contributed by atoms with Crippen LogP contribution in [0.25, 0.3) is 0 Å². The van der Waals surface area contributed by atoms with Crippen LogP contribution < -0.4 is 15.5 Å². The third kappa shape index (κ3) is 7.24. The van der Waals surface area contributed by atoms with Crippen LogP contribution in [0.1, 0.15) is 38.6 Å². The number of quaternary nitrogens is 1. The lowest BCUT2D eigenvalue weighted by Crippen LogP contribution is -3.11. The second kappa shape index (κ2) is 7.56. The first kappa shape index (κ1) is 17.7. The van der Waals surface area contributed by atoms with E-state index in [4.69, 9.17) is 0 Å². The molecule has 5 nitrogen and oxygen atoms in total. The molecule has 0 aliphatic carbocycles. The third-order valence-corrected chi connectivity index (χ3v) is 3.84. The van der Waals surface area contributed by atoms with Gasteiger partial charge in [-0.15, -0.1) is 11.3 Å². The van der Waals surface area contributed by atoms with E-state index >= 15 is 0 Å². The summed E-state index contributed by atoms with van der Waals surface area (Å²) in [6, 6.07) is 3.98. The van der Waals surface area contributed by atoms with E-state index < -0.39 is 0 Å². The molecule has 0 aromatic carbocycles. The molecule has 21 heavy (non-hydrogen) atoms. The van der Waals surface area contributed by atoms with Gasteiger partial charge in [-0.1, -0.05) is 6.07 Å². The van der Waals surface area contributed by atoms with Crippen molar-refractivity contribution in [2.75, 3.05) is 20.1 Å². The smallest absolute Gasteiger partial charge is 0.275 e. The van der Waals surface area contributed by atoms with Gasteiger partial charge in [-0.25, -0.2) is 0 Å². The van der Waals surface area contributed by atoms with Crippen molar-refractivity contribution >= 4 is 23.2 Å². The Balaban J connectivity index is 2.35. The van der Waals surface area contributed by atoms with Crippen molar-refractivity contribution in [2.24, 2.45) is 0 Å². The van der Waals surface area contributed by atoms with Crippen molar-refractivity contribution in [3.8, 4) is 0 Å². The molecule has 0 aliphatic heterocycles. The predicted octanol–water partition coefficient (Wildman–Crippen LogP) is 0.355. The van der Waals surface area contributed by atoms with Gasteiger partial charge in [-0.3, -0.25) is 9.59 Å². The van der Waals surface area contributed by atoms with Crippen LogP contribution in [0.4, 0.5) is 0 Å². The van der Waals surface area contributed by atoms with Gasteiger partial charge in [0.25, 0.3) is 11.8 Å². The minimum absolute atomic E-state index is 0.00806. The molecule has 0 spiro atoms. The van der Waals surface area contributed by atoms with E-state index in [-0.39, 0.29) is 36.5 Å². The Bertz CT molecular complexity index is 466. The molecular formula is C15H26N3O2S+.